The van der Waals surface area contributed by atoms with Gasteiger partial charge in [0, 0.05) is 6.04 Å². The minimum atomic E-state index is 0.801. The van der Waals surface area contributed by atoms with Gasteiger partial charge in [-0.3, -0.25) is 0 Å². The average Bonchev–Trinajstić information content (AvgIpc) is 2.54. The van der Waals surface area contributed by atoms with Gasteiger partial charge in [-0.25, -0.2) is 0 Å². The Morgan fingerprint density at radius 1 is 0.824 bits per heavy atom. The smallest absolute Gasteiger partial charge is 0.00694 e. The second kappa shape index (κ2) is 8.13. The number of hydrogen-bond acceptors (Lipinski definition) is 1. The van der Waals surface area contributed by atoms with E-state index in [1.807, 2.05) is 0 Å². The largest absolute Gasteiger partial charge is 0.301 e. The fraction of sp³-hybridized carbons (Fsp3) is 1.00. The molecule has 1 heteroatoms. The van der Waals surface area contributed by atoms with Crippen LogP contribution >= 0.6 is 0 Å². The lowest BCUT2D eigenvalue weighted by Crippen LogP contribution is -2.35. The molecule has 1 aliphatic heterocycles. The monoisotopic (exact) mass is 239 g/mol. The Labute approximate surface area is 109 Å². The van der Waals surface area contributed by atoms with Crippen molar-refractivity contribution in [3.05, 3.63) is 0 Å². The van der Waals surface area contributed by atoms with Crippen LogP contribution in [0.1, 0.15) is 72.6 Å². The van der Waals surface area contributed by atoms with Crippen molar-refractivity contribution < 1.29 is 0 Å². The fourth-order valence-electron chi connectivity index (χ4n) is 3.00. The molecule has 1 nitrogen and oxygen atoms in total. The lowest BCUT2D eigenvalue weighted by Gasteiger charge is -2.29. The number of rotatable bonds is 6. The summed E-state index contributed by atoms with van der Waals surface area (Å²) in [5.74, 6) is 1.77. The molecule has 0 aromatic carbocycles. The van der Waals surface area contributed by atoms with E-state index in [2.05, 4.69) is 32.6 Å². The van der Waals surface area contributed by atoms with Crippen molar-refractivity contribution in [1.82, 2.24) is 4.90 Å². The molecular formula is C16H33N. The maximum absolute atomic E-state index is 2.73. The number of nitrogens with zero attached hydrogens (tertiary/aromatic N) is 1. The third kappa shape index (κ3) is 6.45. The molecule has 0 amide bonds. The van der Waals surface area contributed by atoms with Gasteiger partial charge in [0.05, 0.1) is 0 Å². The molecule has 0 saturated carbocycles. The normalized spacial score (nSPS) is 22.4. The summed E-state index contributed by atoms with van der Waals surface area (Å²) in [6, 6.07) is 0.801. The van der Waals surface area contributed by atoms with Crippen molar-refractivity contribution in [2.24, 2.45) is 11.8 Å². The molecule has 0 radical (unpaired) electrons. The van der Waals surface area contributed by atoms with Crippen LogP contribution in [0.4, 0.5) is 0 Å². The molecule has 2 atom stereocenters. The van der Waals surface area contributed by atoms with Gasteiger partial charge in [0.15, 0.2) is 0 Å². The second-order valence-electron chi connectivity index (χ2n) is 6.61. The quantitative estimate of drug-likeness (QED) is 0.648. The number of likely N-dealkylation sites (tertiary alicyclic amines) is 1. The standard InChI is InChI=1S/C16H33N/c1-14(2)9-10-15(3)13-16(4)17-11-7-5-6-8-12-17/h14-16H,5-13H2,1-4H3. The van der Waals surface area contributed by atoms with E-state index in [9.17, 15) is 0 Å². The highest BCUT2D eigenvalue weighted by Gasteiger charge is 2.17. The Kier molecular flexibility index (Phi) is 7.18. The molecule has 0 aromatic heterocycles. The van der Waals surface area contributed by atoms with E-state index in [1.165, 1.54) is 58.0 Å². The summed E-state index contributed by atoms with van der Waals surface area (Å²) >= 11 is 0. The van der Waals surface area contributed by atoms with Crippen LogP contribution in [0.2, 0.25) is 0 Å². The molecule has 17 heavy (non-hydrogen) atoms. The summed E-state index contributed by atoms with van der Waals surface area (Å²) in [7, 11) is 0. The molecular weight excluding hydrogens is 206 g/mol. The lowest BCUT2D eigenvalue weighted by molar-refractivity contribution is 0.186. The second-order valence-corrected chi connectivity index (χ2v) is 6.61. The molecule has 0 N–H and O–H groups in total. The van der Waals surface area contributed by atoms with Crippen molar-refractivity contribution in [1.29, 1.82) is 0 Å². The van der Waals surface area contributed by atoms with Crippen LogP contribution in [0.3, 0.4) is 0 Å². The van der Waals surface area contributed by atoms with Crippen molar-refractivity contribution >= 4 is 0 Å². The first-order chi connectivity index (χ1) is 8.09. The third-order valence-corrected chi connectivity index (χ3v) is 4.24. The van der Waals surface area contributed by atoms with Crippen LogP contribution in [0.15, 0.2) is 0 Å². The van der Waals surface area contributed by atoms with Gasteiger partial charge in [-0.1, -0.05) is 46.5 Å². The first kappa shape index (κ1) is 15.0. The average molecular weight is 239 g/mol. The van der Waals surface area contributed by atoms with Gasteiger partial charge in [-0.2, -0.15) is 0 Å². The summed E-state index contributed by atoms with van der Waals surface area (Å²) < 4.78 is 0. The molecule has 1 saturated heterocycles. The maximum Gasteiger partial charge on any atom is 0.00694 e. The highest BCUT2D eigenvalue weighted by atomic mass is 15.1. The van der Waals surface area contributed by atoms with Crippen LogP contribution in [0.5, 0.6) is 0 Å². The molecule has 1 heterocycles. The van der Waals surface area contributed by atoms with Gasteiger partial charge in [0.25, 0.3) is 0 Å². The maximum atomic E-state index is 2.73. The van der Waals surface area contributed by atoms with Crippen molar-refractivity contribution in [2.75, 3.05) is 13.1 Å². The summed E-state index contributed by atoms with van der Waals surface area (Å²) in [5, 5.41) is 0. The van der Waals surface area contributed by atoms with E-state index in [0.717, 1.165) is 17.9 Å². The van der Waals surface area contributed by atoms with Crippen molar-refractivity contribution in [3.8, 4) is 0 Å². The predicted molar refractivity (Wildman–Crippen MR) is 77.4 cm³/mol. The predicted octanol–water partition coefficient (Wildman–Crippen LogP) is 4.71. The lowest BCUT2D eigenvalue weighted by atomic mass is 9.93. The van der Waals surface area contributed by atoms with Crippen LogP contribution < -0.4 is 0 Å². The first-order valence-electron chi connectivity index (χ1n) is 7.83. The Balaban J connectivity index is 2.23. The summed E-state index contributed by atoms with van der Waals surface area (Å²) in [6.07, 6.45) is 9.95. The van der Waals surface area contributed by atoms with Crippen LogP contribution in [0, 0.1) is 11.8 Å². The van der Waals surface area contributed by atoms with Gasteiger partial charge in [-0.15, -0.1) is 0 Å². The summed E-state index contributed by atoms with van der Waals surface area (Å²) in [6.45, 7) is 12.2. The van der Waals surface area contributed by atoms with E-state index in [1.54, 1.807) is 0 Å². The van der Waals surface area contributed by atoms with Crippen LogP contribution in [0.25, 0.3) is 0 Å². The van der Waals surface area contributed by atoms with E-state index in [4.69, 9.17) is 0 Å². The molecule has 0 bridgehead atoms. The Hall–Kier alpha value is -0.0400. The van der Waals surface area contributed by atoms with Crippen LogP contribution in [-0.2, 0) is 0 Å². The van der Waals surface area contributed by atoms with Crippen molar-refractivity contribution in [3.63, 3.8) is 0 Å². The van der Waals surface area contributed by atoms with E-state index < -0.39 is 0 Å². The molecule has 1 fully saturated rings. The SMILES string of the molecule is CC(C)CCC(C)CC(C)N1CCCCCC1. The third-order valence-electron chi connectivity index (χ3n) is 4.24. The molecule has 0 aromatic rings. The Bertz CT molecular complexity index is 180. The zero-order chi connectivity index (χ0) is 12.7. The summed E-state index contributed by atoms with van der Waals surface area (Å²) in [5.41, 5.74) is 0. The number of hydrogen-bond donors (Lipinski definition) is 0. The van der Waals surface area contributed by atoms with Gasteiger partial charge < -0.3 is 4.90 Å². The molecule has 1 aliphatic rings. The molecule has 0 aliphatic carbocycles. The first-order valence-corrected chi connectivity index (χ1v) is 7.83. The highest BCUT2D eigenvalue weighted by Crippen LogP contribution is 2.21. The van der Waals surface area contributed by atoms with E-state index in [-0.39, 0.29) is 0 Å². The zero-order valence-electron chi connectivity index (χ0n) is 12.5. The van der Waals surface area contributed by atoms with E-state index in [0.29, 0.717) is 0 Å². The zero-order valence-corrected chi connectivity index (χ0v) is 12.5. The van der Waals surface area contributed by atoms with E-state index >= 15 is 0 Å². The minimum Gasteiger partial charge on any atom is -0.301 e. The Morgan fingerprint density at radius 3 is 1.94 bits per heavy atom. The van der Waals surface area contributed by atoms with Gasteiger partial charge in [0.1, 0.15) is 0 Å². The summed E-state index contributed by atoms with van der Waals surface area (Å²) in [4.78, 5) is 2.73. The van der Waals surface area contributed by atoms with Gasteiger partial charge in [-0.05, 0) is 51.1 Å². The fourth-order valence-corrected chi connectivity index (χ4v) is 3.00. The molecule has 0 spiro atoms. The molecule has 2 unspecified atom stereocenters. The minimum absolute atomic E-state index is 0.801. The van der Waals surface area contributed by atoms with Crippen molar-refractivity contribution in [2.45, 2.75) is 78.7 Å². The van der Waals surface area contributed by atoms with Gasteiger partial charge >= 0.3 is 0 Å². The van der Waals surface area contributed by atoms with Crippen LogP contribution in [-0.4, -0.2) is 24.0 Å². The molecule has 1 rings (SSSR count). The van der Waals surface area contributed by atoms with Gasteiger partial charge in [0.2, 0.25) is 0 Å². The topological polar surface area (TPSA) is 3.24 Å². The highest BCUT2D eigenvalue weighted by molar-refractivity contribution is 4.72. The Morgan fingerprint density at radius 2 is 1.41 bits per heavy atom. The molecule has 102 valence electrons.